The summed E-state index contributed by atoms with van der Waals surface area (Å²) in [7, 11) is 1.53. The molecule has 0 spiro atoms. The summed E-state index contributed by atoms with van der Waals surface area (Å²) < 4.78 is 14.0. The van der Waals surface area contributed by atoms with Crippen molar-refractivity contribution in [1.82, 2.24) is 9.78 Å². The predicted molar refractivity (Wildman–Crippen MR) is 72.9 cm³/mol. The molecule has 1 atom stereocenters. The van der Waals surface area contributed by atoms with Gasteiger partial charge in [-0.3, -0.25) is 4.79 Å². The van der Waals surface area contributed by atoms with E-state index in [0.717, 1.165) is 10.2 Å². The Kier molecular flexibility index (Phi) is 3.85. The molecule has 0 unspecified atom stereocenters. The molecule has 0 saturated carbocycles. The number of anilines is 1. The summed E-state index contributed by atoms with van der Waals surface area (Å²) in [5.74, 6) is -0.288. The molecule has 1 heterocycles. The largest absolute Gasteiger partial charge is 0.376 e. The fourth-order valence-corrected chi connectivity index (χ4v) is 1.91. The molecule has 19 heavy (non-hydrogen) atoms. The molecule has 0 aliphatic carbocycles. The van der Waals surface area contributed by atoms with E-state index in [9.17, 15) is 9.18 Å². The Balaban J connectivity index is 2.24. The molecule has 0 radical (unpaired) electrons. The fourth-order valence-electron chi connectivity index (χ4n) is 1.68. The molecule has 0 saturated heterocycles. The summed E-state index contributed by atoms with van der Waals surface area (Å²) in [6, 6.07) is 6.01. The van der Waals surface area contributed by atoms with Gasteiger partial charge in [0.25, 0.3) is 5.56 Å². The van der Waals surface area contributed by atoms with Crippen molar-refractivity contribution in [2.75, 3.05) is 5.32 Å². The number of aromatic nitrogens is 2. The lowest BCUT2D eigenvalue weighted by molar-refractivity contribution is 0.626. The van der Waals surface area contributed by atoms with Crippen molar-refractivity contribution in [3.63, 3.8) is 0 Å². The van der Waals surface area contributed by atoms with Crippen molar-refractivity contribution < 1.29 is 4.39 Å². The lowest BCUT2D eigenvalue weighted by Gasteiger charge is -2.16. The minimum atomic E-state index is -0.363. The lowest BCUT2D eigenvalue weighted by atomic mass is 10.1. The smallest absolute Gasteiger partial charge is 0.287 e. The molecule has 100 valence electrons. The Morgan fingerprint density at radius 3 is 2.63 bits per heavy atom. The van der Waals surface area contributed by atoms with Gasteiger partial charge in [0.05, 0.1) is 11.9 Å². The van der Waals surface area contributed by atoms with Crippen LogP contribution in [0.25, 0.3) is 0 Å². The summed E-state index contributed by atoms with van der Waals surface area (Å²) in [4.78, 5) is 11.6. The molecule has 2 aromatic rings. The number of nitrogens with zero attached hydrogens (tertiary/aromatic N) is 2. The maximum absolute atomic E-state index is 12.8. The van der Waals surface area contributed by atoms with Crippen molar-refractivity contribution in [2.45, 2.75) is 13.0 Å². The van der Waals surface area contributed by atoms with Gasteiger partial charge < -0.3 is 5.32 Å². The Morgan fingerprint density at radius 1 is 1.37 bits per heavy atom. The van der Waals surface area contributed by atoms with Crippen LogP contribution in [0.3, 0.4) is 0 Å². The maximum atomic E-state index is 12.8. The van der Waals surface area contributed by atoms with Crippen molar-refractivity contribution >= 4 is 17.3 Å². The van der Waals surface area contributed by atoms with Gasteiger partial charge in [-0.15, -0.1) is 0 Å². The average molecular weight is 282 g/mol. The Hall–Kier alpha value is -1.88. The highest BCUT2D eigenvalue weighted by Crippen LogP contribution is 2.22. The van der Waals surface area contributed by atoms with Crippen molar-refractivity contribution in [2.24, 2.45) is 7.05 Å². The molecular weight excluding hydrogens is 269 g/mol. The zero-order valence-corrected chi connectivity index (χ0v) is 11.3. The van der Waals surface area contributed by atoms with Crippen LogP contribution in [-0.4, -0.2) is 9.78 Å². The SMILES string of the molecule is C[C@@H](Nc1cnn(C)c(=O)c1Cl)c1ccc(F)cc1. The van der Waals surface area contributed by atoms with Gasteiger partial charge in [-0.25, -0.2) is 9.07 Å². The van der Waals surface area contributed by atoms with Gasteiger partial charge in [0.15, 0.2) is 0 Å². The van der Waals surface area contributed by atoms with E-state index in [1.54, 1.807) is 12.1 Å². The third-order valence-corrected chi connectivity index (χ3v) is 3.19. The summed E-state index contributed by atoms with van der Waals surface area (Å²) in [6.45, 7) is 1.89. The summed E-state index contributed by atoms with van der Waals surface area (Å²) in [5, 5.41) is 7.07. The van der Waals surface area contributed by atoms with Gasteiger partial charge in [0.2, 0.25) is 0 Å². The van der Waals surface area contributed by atoms with E-state index in [4.69, 9.17) is 11.6 Å². The third kappa shape index (κ3) is 2.93. The second-order valence-corrected chi connectivity index (χ2v) is 4.60. The summed E-state index contributed by atoms with van der Waals surface area (Å²) >= 11 is 5.96. The molecule has 0 aliphatic heterocycles. The van der Waals surface area contributed by atoms with Crippen LogP contribution in [-0.2, 0) is 7.05 Å². The number of rotatable bonds is 3. The highest BCUT2D eigenvalue weighted by atomic mass is 35.5. The Bertz CT molecular complexity index is 639. The third-order valence-electron chi connectivity index (χ3n) is 2.82. The molecule has 0 amide bonds. The Labute approximate surface area is 114 Å². The van der Waals surface area contributed by atoms with E-state index in [2.05, 4.69) is 10.4 Å². The first-order chi connectivity index (χ1) is 8.99. The van der Waals surface area contributed by atoms with E-state index >= 15 is 0 Å². The monoisotopic (exact) mass is 281 g/mol. The molecule has 1 aromatic heterocycles. The van der Waals surface area contributed by atoms with Gasteiger partial charge in [0.1, 0.15) is 10.8 Å². The molecule has 1 N–H and O–H groups in total. The number of halogens is 2. The van der Waals surface area contributed by atoms with Crippen LogP contribution in [0.4, 0.5) is 10.1 Å². The normalized spacial score (nSPS) is 12.2. The zero-order chi connectivity index (χ0) is 14.0. The average Bonchev–Trinajstić information content (AvgIpc) is 2.40. The second kappa shape index (κ2) is 5.40. The van der Waals surface area contributed by atoms with E-state index in [0.29, 0.717) is 5.69 Å². The van der Waals surface area contributed by atoms with Crippen LogP contribution >= 0.6 is 11.6 Å². The van der Waals surface area contributed by atoms with E-state index in [1.807, 2.05) is 6.92 Å². The topological polar surface area (TPSA) is 46.9 Å². The van der Waals surface area contributed by atoms with E-state index in [-0.39, 0.29) is 22.4 Å². The summed E-state index contributed by atoms with van der Waals surface area (Å²) in [6.07, 6.45) is 1.49. The molecule has 1 aromatic carbocycles. The number of hydrogen-bond acceptors (Lipinski definition) is 3. The molecule has 2 rings (SSSR count). The highest BCUT2D eigenvalue weighted by molar-refractivity contribution is 6.32. The highest BCUT2D eigenvalue weighted by Gasteiger charge is 2.11. The van der Waals surface area contributed by atoms with Crippen LogP contribution in [0.5, 0.6) is 0 Å². The minimum absolute atomic E-state index is 0.0893. The first kappa shape index (κ1) is 13.5. The van der Waals surface area contributed by atoms with E-state index in [1.165, 1.54) is 25.4 Å². The zero-order valence-electron chi connectivity index (χ0n) is 10.5. The van der Waals surface area contributed by atoms with Crippen LogP contribution < -0.4 is 10.9 Å². The van der Waals surface area contributed by atoms with Crippen LogP contribution in [0.15, 0.2) is 35.3 Å². The molecule has 6 heteroatoms. The number of hydrogen-bond donors (Lipinski definition) is 1. The van der Waals surface area contributed by atoms with Crippen molar-refractivity contribution in [3.8, 4) is 0 Å². The molecule has 0 bridgehead atoms. The van der Waals surface area contributed by atoms with E-state index < -0.39 is 0 Å². The first-order valence-corrected chi connectivity index (χ1v) is 6.10. The van der Waals surface area contributed by atoms with Gasteiger partial charge in [-0.1, -0.05) is 23.7 Å². The maximum Gasteiger partial charge on any atom is 0.287 e. The fraction of sp³-hybridized carbons (Fsp3) is 0.231. The van der Waals surface area contributed by atoms with Gasteiger partial charge in [0, 0.05) is 13.1 Å². The number of aryl methyl sites for hydroxylation is 1. The quantitative estimate of drug-likeness (QED) is 0.941. The van der Waals surface area contributed by atoms with Gasteiger partial charge >= 0.3 is 0 Å². The molecule has 0 aliphatic rings. The summed E-state index contributed by atoms with van der Waals surface area (Å²) in [5.41, 5.74) is 0.984. The van der Waals surface area contributed by atoms with Crippen molar-refractivity contribution in [3.05, 3.63) is 57.2 Å². The minimum Gasteiger partial charge on any atom is -0.376 e. The van der Waals surface area contributed by atoms with Crippen LogP contribution in [0.2, 0.25) is 5.02 Å². The van der Waals surface area contributed by atoms with Gasteiger partial charge in [-0.05, 0) is 24.6 Å². The van der Waals surface area contributed by atoms with Crippen molar-refractivity contribution in [1.29, 1.82) is 0 Å². The molecule has 4 nitrogen and oxygen atoms in total. The lowest BCUT2D eigenvalue weighted by Crippen LogP contribution is -2.21. The second-order valence-electron chi connectivity index (χ2n) is 4.22. The van der Waals surface area contributed by atoms with Crippen LogP contribution in [0, 0.1) is 5.82 Å². The molecule has 0 fully saturated rings. The predicted octanol–water partition coefficient (Wildman–Crippen LogP) is 2.75. The first-order valence-electron chi connectivity index (χ1n) is 5.73. The number of benzene rings is 1. The Morgan fingerprint density at radius 2 is 2.00 bits per heavy atom. The van der Waals surface area contributed by atoms with Gasteiger partial charge in [-0.2, -0.15) is 5.10 Å². The number of nitrogens with one attached hydrogen (secondary N) is 1. The molecular formula is C13H13ClFN3O. The van der Waals surface area contributed by atoms with Crippen LogP contribution in [0.1, 0.15) is 18.5 Å². The standard InChI is InChI=1S/C13H13ClFN3O/c1-8(9-3-5-10(15)6-4-9)17-11-7-16-18(2)13(19)12(11)14/h3-8,17H,1-2H3/t8-/m1/s1.